The highest BCUT2D eigenvalue weighted by molar-refractivity contribution is 7.91. The molecule has 0 saturated carbocycles. The molecule has 0 radical (unpaired) electrons. The maximum atomic E-state index is 12.2. The van der Waals surface area contributed by atoms with Crippen molar-refractivity contribution in [3.8, 4) is 0 Å². The topological polar surface area (TPSA) is 124 Å². The number of ether oxygens (including phenoxy) is 1. The lowest BCUT2D eigenvalue weighted by Gasteiger charge is -2.26. The second kappa shape index (κ2) is 9.16. The van der Waals surface area contributed by atoms with Crippen LogP contribution in [-0.4, -0.2) is 60.8 Å². The van der Waals surface area contributed by atoms with Crippen LogP contribution in [0, 0.1) is 10.1 Å². The SMILES string of the molecule is CCN(C(=O)COC(=O)C=Cc1ccc(Cl)c([N+](=O)[O-])c1)C1CCS(=O)(=O)C1. The lowest BCUT2D eigenvalue weighted by atomic mass is 10.2. The molecule has 11 heteroatoms. The highest BCUT2D eigenvalue weighted by Gasteiger charge is 2.34. The van der Waals surface area contributed by atoms with E-state index in [1.165, 1.54) is 29.2 Å². The van der Waals surface area contributed by atoms with E-state index in [0.29, 0.717) is 18.5 Å². The van der Waals surface area contributed by atoms with Crippen LogP contribution in [0.3, 0.4) is 0 Å². The number of hydrogen-bond donors (Lipinski definition) is 0. The Bertz CT molecular complexity index is 914. The largest absolute Gasteiger partial charge is 0.452 e. The number of hydrogen-bond acceptors (Lipinski definition) is 7. The van der Waals surface area contributed by atoms with E-state index in [1.807, 2.05) is 0 Å². The number of nitro groups is 1. The molecule has 1 heterocycles. The summed E-state index contributed by atoms with van der Waals surface area (Å²) in [4.78, 5) is 35.7. The minimum Gasteiger partial charge on any atom is -0.452 e. The molecular formula is C17H19ClN2O7S. The molecule has 0 aliphatic carbocycles. The van der Waals surface area contributed by atoms with E-state index in [9.17, 15) is 28.1 Å². The molecule has 1 atom stereocenters. The van der Waals surface area contributed by atoms with E-state index in [4.69, 9.17) is 16.3 Å². The number of amides is 1. The minimum absolute atomic E-state index is 0.0242. The average molecular weight is 431 g/mol. The van der Waals surface area contributed by atoms with Crippen LogP contribution in [0.5, 0.6) is 0 Å². The van der Waals surface area contributed by atoms with E-state index >= 15 is 0 Å². The van der Waals surface area contributed by atoms with E-state index < -0.39 is 39.3 Å². The van der Waals surface area contributed by atoms with Gasteiger partial charge < -0.3 is 9.64 Å². The lowest BCUT2D eigenvalue weighted by Crippen LogP contribution is -2.43. The van der Waals surface area contributed by atoms with Crippen molar-refractivity contribution in [1.29, 1.82) is 0 Å². The van der Waals surface area contributed by atoms with Gasteiger partial charge in [0.25, 0.3) is 11.6 Å². The zero-order valence-electron chi connectivity index (χ0n) is 15.0. The van der Waals surface area contributed by atoms with Crippen LogP contribution in [0.1, 0.15) is 18.9 Å². The number of benzene rings is 1. The summed E-state index contributed by atoms with van der Waals surface area (Å²) in [6.45, 7) is 1.51. The highest BCUT2D eigenvalue weighted by atomic mass is 35.5. The zero-order valence-corrected chi connectivity index (χ0v) is 16.6. The standard InChI is InChI=1S/C17H19ClN2O7S/c1-2-19(13-7-8-28(25,26)11-13)16(21)10-27-17(22)6-4-12-3-5-14(18)15(9-12)20(23)24/h3-6,9,13H,2,7-8,10-11H2,1H3. The molecule has 1 aromatic rings. The van der Waals surface area contributed by atoms with Gasteiger partial charge in [-0.15, -0.1) is 0 Å². The van der Waals surface area contributed by atoms with Crippen molar-refractivity contribution in [1.82, 2.24) is 4.90 Å². The minimum atomic E-state index is -3.14. The van der Waals surface area contributed by atoms with Crippen molar-refractivity contribution in [2.45, 2.75) is 19.4 Å². The molecule has 0 spiro atoms. The summed E-state index contributed by atoms with van der Waals surface area (Å²) in [5, 5.41) is 10.8. The molecule has 1 amide bonds. The summed E-state index contributed by atoms with van der Waals surface area (Å²) in [5.41, 5.74) is 0.0724. The molecular weight excluding hydrogens is 412 g/mol. The number of sulfone groups is 1. The number of carbonyl (C=O) groups excluding carboxylic acids is 2. The lowest BCUT2D eigenvalue weighted by molar-refractivity contribution is -0.384. The van der Waals surface area contributed by atoms with Crippen LogP contribution in [0.2, 0.25) is 5.02 Å². The maximum Gasteiger partial charge on any atom is 0.331 e. The molecule has 1 saturated heterocycles. The summed E-state index contributed by atoms with van der Waals surface area (Å²) in [6.07, 6.45) is 2.71. The van der Waals surface area contributed by atoms with E-state index in [0.717, 1.165) is 6.08 Å². The van der Waals surface area contributed by atoms with Crippen LogP contribution in [0.4, 0.5) is 5.69 Å². The first-order chi connectivity index (χ1) is 13.1. The van der Waals surface area contributed by atoms with Gasteiger partial charge in [-0.2, -0.15) is 0 Å². The molecule has 1 fully saturated rings. The zero-order chi connectivity index (χ0) is 20.9. The number of likely N-dealkylation sites (N-methyl/N-ethyl adjacent to an activating group) is 1. The molecule has 1 aromatic carbocycles. The van der Waals surface area contributed by atoms with Crippen LogP contribution in [0.15, 0.2) is 24.3 Å². The number of nitrogens with zero attached hydrogens (tertiary/aromatic N) is 2. The Balaban J connectivity index is 1.92. The predicted octanol–water partition coefficient (Wildman–Crippen LogP) is 1.84. The van der Waals surface area contributed by atoms with Crippen molar-refractivity contribution in [2.75, 3.05) is 24.7 Å². The van der Waals surface area contributed by atoms with Gasteiger partial charge in [0, 0.05) is 24.7 Å². The fourth-order valence-corrected chi connectivity index (χ4v) is 4.78. The Labute approximate surface area is 167 Å². The van der Waals surface area contributed by atoms with Gasteiger partial charge in [0.2, 0.25) is 0 Å². The third-order valence-corrected chi connectivity index (χ3v) is 6.30. The summed E-state index contributed by atoms with van der Waals surface area (Å²) in [5.74, 6) is -1.33. The fourth-order valence-electron chi connectivity index (χ4n) is 2.86. The Morgan fingerprint density at radius 2 is 2.14 bits per heavy atom. The molecule has 9 nitrogen and oxygen atoms in total. The number of rotatable bonds is 7. The normalized spacial score (nSPS) is 18.1. The first kappa shape index (κ1) is 21.8. The Kier molecular flexibility index (Phi) is 7.14. The first-order valence-electron chi connectivity index (χ1n) is 8.41. The Morgan fingerprint density at radius 3 is 2.71 bits per heavy atom. The third kappa shape index (κ3) is 5.77. The van der Waals surface area contributed by atoms with Crippen LogP contribution < -0.4 is 0 Å². The predicted molar refractivity (Wildman–Crippen MR) is 103 cm³/mol. The maximum absolute atomic E-state index is 12.2. The van der Waals surface area contributed by atoms with Gasteiger partial charge in [-0.1, -0.05) is 17.7 Å². The summed E-state index contributed by atoms with van der Waals surface area (Å²) in [6, 6.07) is 3.62. The van der Waals surface area contributed by atoms with Gasteiger partial charge >= 0.3 is 5.97 Å². The summed E-state index contributed by atoms with van der Waals surface area (Å²) < 4.78 is 28.0. The van der Waals surface area contributed by atoms with Gasteiger partial charge in [-0.3, -0.25) is 14.9 Å². The number of nitro benzene ring substituents is 1. The monoisotopic (exact) mass is 430 g/mol. The molecule has 1 unspecified atom stereocenters. The summed E-state index contributed by atoms with van der Waals surface area (Å²) >= 11 is 5.72. The molecule has 1 aliphatic heterocycles. The van der Waals surface area contributed by atoms with E-state index in [2.05, 4.69) is 0 Å². The Morgan fingerprint density at radius 1 is 1.43 bits per heavy atom. The van der Waals surface area contributed by atoms with E-state index in [-0.39, 0.29) is 22.2 Å². The smallest absolute Gasteiger partial charge is 0.331 e. The molecule has 2 rings (SSSR count). The van der Waals surface area contributed by atoms with Gasteiger partial charge in [0.15, 0.2) is 16.4 Å². The number of esters is 1. The average Bonchev–Trinajstić information content (AvgIpc) is 2.99. The molecule has 28 heavy (non-hydrogen) atoms. The highest BCUT2D eigenvalue weighted by Crippen LogP contribution is 2.25. The van der Waals surface area contributed by atoms with E-state index in [1.54, 1.807) is 6.92 Å². The van der Waals surface area contributed by atoms with Crippen molar-refractivity contribution in [3.63, 3.8) is 0 Å². The van der Waals surface area contributed by atoms with Crippen molar-refractivity contribution >= 4 is 45.1 Å². The quantitative estimate of drug-likeness (QED) is 0.279. The Hall–Kier alpha value is -2.46. The molecule has 152 valence electrons. The fraction of sp³-hybridized carbons (Fsp3) is 0.412. The third-order valence-electron chi connectivity index (χ3n) is 4.23. The van der Waals surface area contributed by atoms with Crippen molar-refractivity contribution in [3.05, 3.63) is 45.0 Å². The number of carbonyl (C=O) groups is 2. The van der Waals surface area contributed by atoms with Gasteiger partial charge in [0.1, 0.15) is 5.02 Å². The van der Waals surface area contributed by atoms with Crippen LogP contribution >= 0.6 is 11.6 Å². The van der Waals surface area contributed by atoms with Crippen molar-refractivity contribution < 1.29 is 27.7 Å². The van der Waals surface area contributed by atoms with Crippen LogP contribution in [-0.2, 0) is 24.2 Å². The van der Waals surface area contributed by atoms with Crippen LogP contribution in [0.25, 0.3) is 6.08 Å². The second-order valence-electron chi connectivity index (χ2n) is 6.15. The van der Waals surface area contributed by atoms with Gasteiger partial charge in [-0.05, 0) is 31.1 Å². The first-order valence-corrected chi connectivity index (χ1v) is 10.6. The van der Waals surface area contributed by atoms with Gasteiger partial charge in [0.05, 0.1) is 16.4 Å². The molecule has 0 bridgehead atoms. The molecule has 1 aliphatic rings. The second-order valence-corrected chi connectivity index (χ2v) is 8.78. The van der Waals surface area contributed by atoms with Gasteiger partial charge in [-0.25, -0.2) is 13.2 Å². The van der Waals surface area contributed by atoms with Crippen molar-refractivity contribution in [2.24, 2.45) is 0 Å². The number of halogens is 1. The molecule has 0 aromatic heterocycles. The summed E-state index contributed by atoms with van der Waals surface area (Å²) in [7, 11) is -3.14. The molecule has 0 N–H and O–H groups in total.